The Kier molecular flexibility index (Phi) is 9.34. The van der Waals surface area contributed by atoms with Crippen molar-refractivity contribution in [2.45, 2.75) is 43.0 Å². The standard InChI is InChI=1S/C38H39N3O7/c1-25-23-41(36(44)40-38(25,39)35(43)26-10-6-4-7-11-26)34-22-32(42)33(48-34)24-47-37(27-12-8-5-9-13-27,28-14-18-30(45-2)19-15-28)29-16-20-31(46-3)21-17-29/h4-21,23,32-34,42H,22,24,39H2,1-3H3,(H,40,44)/t32-,33+,34+,38?/m0/s1. The third-order valence-corrected chi connectivity index (χ3v) is 9.04. The Balaban J connectivity index is 1.29. The molecule has 1 unspecified atom stereocenters. The average molecular weight is 650 g/mol. The second kappa shape index (κ2) is 13.6. The van der Waals surface area contributed by atoms with Gasteiger partial charge in [0.05, 0.1) is 26.9 Å². The number of aliphatic hydroxyl groups is 1. The van der Waals surface area contributed by atoms with Gasteiger partial charge in [-0.1, -0.05) is 84.9 Å². The molecule has 10 heteroatoms. The molecule has 2 aliphatic heterocycles. The van der Waals surface area contributed by atoms with E-state index in [2.05, 4.69) is 5.32 Å². The lowest BCUT2D eigenvalue weighted by Gasteiger charge is -2.39. The third kappa shape index (κ3) is 6.07. The SMILES string of the molecule is COc1ccc(C(OC[C@H]2O[C@@H](N3C=C(C)C(N)(C(=O)c4ccccc4)NC3=O)C[C@@H]2O)(c2ccccc2)c2ccc(OC)cc2)cc1. The van der Waals surface area contributed by atoms with E-state index in [1.54, 1.807) is 51.5 Å². The Hall–Kier alpha value is -5.00. The van der Waals surface area contributed by atoms with E-state index in [0.29, 0.717) is 22.6 Å². The first-order valence-electron chi connectivity index (χ1n) is 15.7. The van der Waals surface area contributed by atoms with Crippen LogP contribution in [0.25, 0.3) is 0 Å². The summed E-state index contributed by atoms with van der Waals surface area (Å²) >= 11 is 0. The first kappa shape index (κ1) is 32.9. The van der Waals surface area contributed by atoms with Crippen molar-refractivity contribution < 1.29 is 33.6 Å². The van der Waals surface area contributed by atoms with Crippen molar-refractivity contribution >= 4 is 11.8 Å². The Morgan fingerprint density at radius 2 is 1.42 bits per heavy atom. The fourth-order valence-corrected chi connectivity index (χ4v) is 6.29. The Labute approximate surface area is 279 Å². The number of ether oxygens (including phenoxy) is 4. The minimum atomic E-state index is -1.72. The van der Waals surface area contributed by atoms with Crippen LogP contribution >= 0.6 is 0 Å². The van der Waals surface area contributed by atoms with E-state index in [1.807, 2.05) is 78.9 Å². The topological polar surface area (TPSA) is 133 Å². The largest absolute Gasteiger partial charge is 0.497 e. The van der Waals surface area contributed by atoms with Crippen LogP contribution in [0.5, 0.6) is 11.5 Å². The molecule has 1 fully saturated rings. The van der Waals surface area contributed by atoms with Crippen LogP contribution in [0.4, 0.5) is 4.79 Å². The third-order valence-electron chi connectivity index (χ3n) is 9.04. The van der Waals surface area contributed by atoms with Gasteiger partial charge in [-0.25, -0.2) is 4.79 Å². The highest BCUT2D eigenvalue weighted by atomic mass is 16.6. The predicted octanol–water partition coefficient (Wildman–Crippen LogP) is 4.96. The van der Waals surface area contributed by atoms with Crippen LogP contribution in [-0.2, 0) is 15.1 Å². The first-order valence-corrected chi connectivity index (χ1v) is 15.7. The number of ketones is 1. The maximum absolute atomic E-state index is 13.4. The number of carbonyl (C=O) groups is 2. The van der Waals surface area contributed by atoms with Gasteiger partial charge in [0, 0.05) is 18.2 Å². The number of carbonyl (C=O) groups excluding carboxylic acids is 2. The van der Waals surface area contributed by atoms with Crippen molar-refractivity contribution in [1.29, 1.82) is 0 Å². The summed E-state index contributed by atoms with van der Waals surface area (Å²) in [6.45, 7) is 1.66. The number of rotatable bonds is 11. The molecule has 10 nitrogen and oxygen atoms in total. The quantitative estimate of drug-likeness (QED) is 0.154. The molecule has 6 rings (SSSR count). The highest BCUT2D eigenvalue weighted by molar-refractivity contribution is 6.07. The fraction of sp³-hybridized carbons (Fsp3) is 0.263. The fourth-order valence-electron chi connectivity index (χ4n) is 6.29. The van der Waals surface area contributed by atoms with Crippen LogP contribution in [0.1, 0.15) is 40.4 Å². The van der Waals surface area contributed by atoms with E-state index in [0.717, 1.165) is 16.7 Å². The van der Waals surface area contributed by atoms with Crippen molar-refractivity contribution in [3.05, 3.63) is 143 Å². The lowest BCUT2D eigenvalue weighted by Crippen LogP contribution is -2.67. The first-order chi connectivity index (χ1) is 23.2. The minimum Gasteiger partial charge on any atom is -0.497 e. The summed E-state index contributed by atoms with van der Waals surface area (Å²) in [6.07, 6.45) is -0.922. The van der Waals surface area contributed by atoms with E-state index in [-0.39, 0.29) is 13.0 Å². The van der Waals surface area contributed by atoms with Gasteiger partial charge in [-0.15, -0.1) is 0 Å². The summed E-state index contributed by atoms with van der Waals surface area (Å²) in [5.41, 5.74) is 6.98. The van der Waals surface area contributed by atoms with E-state index in [9.17, 15) is 14.7 Å². The molecule has 48 heavy (non-hydrogen) atoms. The number of hydrogen-bond acceptors (Lipinski definition) is 8. The zero-order valence-electron chi connectivity index (χ0n) is 27.0. The molecule has 0 bridgehead atoms. The molecular weight excluding hydrogens is 610 g/mol. The number of nitrogens with zero attached hydrogens (tertiary/aromatic N) is 1. The number of hydrogen-bond donors (Lipinski definition) is 3. The lowest BCUT2D eigenvalue weighted by atomic mass is 9.80. The van der Waals surface area contributed by atoms with E-state index in [4.69, 9.17) is 24.7 Å². The summed E-state index contributed by atoms with van der Waals surface area (Å²) in [7, 11) is 3.23. The van der Waals surface area contributed by atoms with Crippen LogP contribution in [0.15, 0.2) is 121 Å². The Morgan fingerprint density at radius 3 is 1.96 bits per heavy atom. The second-order valence-corrected chi connectivity index (χ2v) is 11.9. The van der Waals surface area contributed by atoms with Gasteiger partial charge in [-0.2, -0.15) is 0 Å². The van der Waals surface area contributed by atoms with Crippen molar-refractivity contribution in [3.63, 3.8) is 0 Å². The monoisotopic (exact) mass is 649 g/mol. The summed E-state index contributed by atoms with van der Waals surface area (Å²) < 4.78 is 24.1. The molecule has 0 radical (unpaired) electrons. The smallest absolute Gasteiger partial charge is 0.325 e. The maximum atomic E-state index is 13.4. The van der Waals surface area contributed by atoms with Crippen molar-refractivity contribution in [1.82, 2.24) is 10.2 Å². The molecule has 4 aromatic carbocycles. The highest BCUT2D eigenvalue weighted by Crippen LogP contribution is 2.42. The van der Waals surface area contributed by atoms with Crippen LogP contribution in [0.3, 0.4) is 0 Å². The van der Waals surface area contributed by atoms with Gasteiger partial charge >= 0.3 is 6.03 Å². The van der Waals surface area contributed by atoms with Crippen molar-refractivity contribution in [2.24, 2.45) is 5.73 Å². The molecule has 0 spiro atoms. The number of urea groups is 1. The number of aliphatic hydroxyl groups excluding tert-OH is 1. The molecule has 4 N–H and O–H groups in total. The van der Waals surface area contributed by atoms with Gasteiger partial charge in [-0.3, -0.25) is 15.4 Å². The number of nitrogens with one attached hydrogen (secondary N) is 1. The van der Waals surface area contributed by atoms with Crippen molar-refractivity contribution in [3.8, 4) is 11.5 Å². The summed E-state index contributed by atoms with van der Waals surface area (Å²) in [4.78, 5) is 28.0. The van der Waals surface area contributed by atoms with Crippen molar-refractivity contribution in [2.75, 3.05) is 20.8 Å². The molecule has 248 valence electrons. The Morgan fingerprint density at radius 1 is 0.896 bits per heavy atom. The summed E-state index contributed by atoms with van der Waals surface area (Å²) in [5.74, 6) is 0.962. The lowest BCUT2D eigenvalue weighted by molar-refractivity contribution is -0.0979. The van der Waals surface area contributed by atoms with Crippen LogP contribution in [0.2, 0.25) is 0 Å². The van der Waals surface area contributed by atoms with Gasteiger partial charge in [0.25, 0.3) is 0 Å². The summed E-state index contributed by atoms with van der Waals surface area (Å²) in [6, 6.07) is 33.1. The zero-order valence-corrected chi connectivity index (χ0v) is 27.0. The molecule has 2 aliphatic rings. The Bertz CT molecular complexity index is 1720. The molecule has 0 aromatic heterocycles. The number of methoxy groups -OCH3 is 2. The highest BCUT2D eigenvalue weighted by Gasteiger charge is 2.47. The number of nitrogens with two attached hydrogens (primary N) is 1. The van der Waals surface area contributed by atoms with E-state index in [1.165, 1.54) is 11.1 Å². The molecule has 4 atom stereocenters. The molecule has 2 heterocycles. The van der Waals surface area contributed by atoms with Crippen LogP contribution in [0, 0.1) is 0 Å². The van der Waals surface area contributed by atoms with Crippen LogP contribution < -0.4 is 20.5 Å². The number of benzene rings is 4. The summed E-state index contributed by atoms with van der Waals surface area (Å²) in [5, 5.41) is 13.9. The molecule has 1 saturated heterocycles. The van der Waals surface area contributed by atoms with Gasteiger partial charge in [0.1, 0.15) is 29.4 Å². The maximum Gasteiger partial charge on any atom is 0.325 e. The van der Waals surface area contributed by atoms with Gasteiger partial charge in [0.2, 0.25) is 5.78 Å². The van der Waals surface area contributed by atoms with E-state index >= 15 is 0 Å². The average Bonchev–Trinajstić information content (AvgIpc) is 3.50. The molecule has 4 aromatic rings. The normalized spacial score (nSPS) is 22.5. The van der Waals surface area contributed by atoms with Gasteiger partial charge in [0.15, 0.2) is 5.66 Å². The number of Topliss-reactive ketones (excluding diaryl/α,β-unsaturated/α-hetero) is 1. The van der Waals surface area contributed by atoms with Gasteiger partial charge in [-0.05, 0) is 53.5 Å². The zero-order chi connectivity index (χ0) is 33.9. The molecule has 2 amide bonds. The number of amides is 2. The molecule has 0 saturated carbocycles. The molecule has 0 aliphatic carbocycles. The second-order valence-electron chi connectivity index (χ2n) is 11.9. The van der Waals surface area contributed by atoms with E-state index < -0.39 is 41.5 Å². The van der Waals surface area contributed by atoms with Crippen LogP contribution in [-0.4, -0.2) is 66.7 Å². The van der Waals surface area contributed by atoms with Gasteiger partial charge < -0.3 is 29.4 Å². The molecular formula is C38H39N3O7. The predicted molar refractivity (Wildman–Crippen MR) is 179 cm³/mol. The minimum absolute atomic E-state index is 0.0178.